The summed E-state index contributed by atoms with van der Waals surface area (Å²) in [4.78, 5) is 30.4. The van der Waals surface area contributed by atoms with Crippen LogP contribution in [-0.2, 0) is 9.59 Å². The van der Waals surface area contributed by atoms with E-state index in [2.05, 4.69) is 43.1 Å². The lowest BCUT2D eigenvalue weighted by atomic mass is 10.1. The van der Waals surface area contributed by atoms with Crippen LogP contribution >= 0.6 is 11.8 Å². The summed E-state index contributed by atoms with van der Waals surface area (Å²) >= 11 is 1.65. The Bertz CT molecular complexity index is 601. The number of thioether (sulfide) groups is 1. The van der Waals surface area contributed by atoms with Crippen LogP contribution in [0.15, 0.2) is 35.2 Å². The third-order valence-electron chi connectivity index (χ3n) is 4.93. The summed E-state index contributed by atoms with van der Waals surface area (Å²) < 4.78 is 0. The van der Waals surface area contributed by atoms with Gasteiger partial charge in [0.1, 0.15) is 0 Å². The molecule has 1 N–H and O–H groups in total. The number of hydrogen-bond acceptors (Lipinski definition) is 4. The van der Waals surface area contributed by atoms with Crippen molar-refractivity contribution in [1.82, 2.24) is 15.1 Å². The van der Waals surface area contributed by atoms with Crippen molar-refractivity contribution in [2.75, 3.05) is 32.7 Å². The molecule has 27 heavy (non-hydrogen) atoms. The molecule has 0 radical (unpaired) electrons. The third-order valence-corrected chi connectivity index (χ3v) is 6.47. The fraction of sp³-hybridized carbons (Fsp3) is 0.619. The summed E-state index contributed by atoms with van der Waals surface area (Å²) in [5.41, 5.74) is 0. The fourth-order valence-corrected chi connectivity index (χ4v) is 4.18. The van der Waals surface area contributed by atoms with Gasteiger partial charge in [0.2, 0.25) is 11.8 Å². The Labute approximate surface area is 167 Å². The molecular weight excluding hydrogens is 358 g/mol. The molecule has 5 nitrogen and oxygen atoms in total. The predicted molar refractivity (Wildman–Crippen MR) is 112 cm³/mol. The molecule has 0 saturated carbocycles. The lowest BCUT2D eigenvalue weighted by molar-refractivity contribution is -0.133. The molecule has 150 valence electrons. The highest BCUT2D eigenvalue weighted by molar-refractivity contribution is 8.00. The Morgan fingerprint density at radius 3 is 2.26 bits per heavy atom. The summed E-state index contributed by atoms with van der Waals surface area (Å²) in [6, 6.07) is 10.3. The molecule has 1 aliphatic rings. The van der Waals surface area contributed by atoms with E-state index in [4.69, 9.17) is 0 Å². The fourth-order valence-electron chi connectivity index (χ4n) is 3.05. The van der Waals surface area contributed by atoms with Gasteiger partial charge in [-0.05, 0) is 31.4 Å². The van der Waals surface area contributed by atoms with E-state index >= 15 is 0 Å². The summed E-state index contributed by atoms with van der Waals surface area (Å²) in [5.74, 6) is 0.549. The molecule has 1 aromatic rings. The van der Waals surface area contributed by atoms with Gasteiger partial charge >= 0.3 is 0 Å². The third kappa shape index (κ3) is 6.85. The van der Waals surface area contributed by atoms with Gasteiger partial charge in [-0.25, -0.2) is 0 Å². The van der Waals surface area contributed by atoms with Crippen molar-refractivity contribution in [2.45, 2.75) is 50.3 Å². The van der Waals surface area contributed by atoms with Crippen molar-refractivity contribution in [3.8, 4) is 0 Å². The van der Waals surface area contributed by atoms with Crippen LogP contribution in [0.5, 0.6) is 0 Å². The Hall–Kier alpha value is -1.53. The number of carbonyl (C=O) groups is 2. The van der Waals surface area contributed by atoms with Gasteiger partial charge in [-0.1, -0.05) is 39.0 Å². The van der Waals surface area contributed by atoms with Gasteiger partial charge < -0.3 is 10.2 Å². The monoisotopic (exact) mass is 391 g/mol. The molecule has 2 unspecified atom stereocenters. The molecule has 0 bridgehead atoms. The zero-order valence-corrected chi connectivity index (χ0v) is 17.8. The molecule has 1 saturated heterocycles. The minimum absolute atomic E-state index is 0.0730. The maximum absolute atomic E-state index is 13.1. The smallest absolute Gasteiger partial charge is 0.236 e. The molecular formula is C21H33N3O2S. The number of piperazine rings is 1. The van der Waals surface area contributed by atoms with Crippen LogP contribution in [0.1, 0.15) is 34.1 Å². The minimum Gasteiger partial charge on any atom is -0.353 e. The van der Waals surface area contributed by atoms with Gasteiger partial charge in [0.05, 0.1) is 11.8 Å². The first kappa shape index (κ1) is 21.8. The molecule has 0 aliphatic carbocycles. The van der Waals surface area contributed by atoms with E-state index in [0.717, 1.165) is 24.4 Å². The lowest BCUT2D eigenvalue weighted by Gasteiger charge is -2.36. The highest BCUT2D eigenvalue weighted by atomic mass is 32.2. The van der Waals surface area contributed by atoms with Crippen LogP contribution in [0.3, 0.4) is 0 Å². The number of nitrogens with zero attached hydrogens (tertiary/aromatic N) is 2. The van der Waals surface area contributed by atoms with Crippen molar-refractivity contribution in [3.63, 3.8) is 0 Å². The van der Waals surface area contributed by atoms with Gasteiger partial charge in [-0.2, -0.15) is 0 Å². The number of nitrogens with one attached hydrogen (secondary N) is 1. The summed E-state index contributed by atoms with van der Waals surface area (Å²) in [5, 5.41) is 2.93. The van der Waals surface area contributed by atoms with Crippen LogP contribution in [0.2, 0.25) is 0 Å². The first-order valence-corrected chi connectivity index (χ1v) is 10.8. The Morgan fingerprint density at radius 1 is 1.07 bits per heavy atom. The normalized spacial score (nSPS) is 17.6. The number of benzene rings is 1. The SMILES string of the molecule is CCC(C)NC(=O)CN1CCN(C(=O)C(Sc2ccccc2)C(C)C)CC1. The van der Waals surface area contributed by atoms with E-state index in [1.54, 1.807) is 11.8 Å². The van der Waals surface area contributed by atoms with Crippen molar-refractivity contribution >= 4 is 23.6 Å². The molecule has 6 heteroatoms. The van der Waals surface area contributed by atoms with E-state index in [-0.39, 0.29) is 29.0 Å². The standard InChI is InChI=1S/C21H33N3O2S/c1-5-17(4)22-19(25)15-23-11-13-24(14-12-23)21(26)20(16(2)3)27-18-9-7-6-8-10-18/h6-10,16-17,20H,5,11-15H2,1-4H3,(H,22,25). The van der Waals surface area contributed by atoms with Gasteiger partial charge in [0.15, 0.2) is 0 Å². The lowest BCUT2D eigenvalue weighted by Crippen LogP contribution is -2.53. The zero-order chi connectivity index (χ0) is 19.8. The molecule has 0 spiro atoms. The second-order valence-electron chi connectivity index (χ2n) is 7.57. The summed E-state index contributed by atoms with van der Waals surface area (Å²) in [7, 11) is 0. The van der Waals surface area contributed by atoms with Gasteiger partial charge in [-0.3, -0.25) is 14.5 Å². The maximum Gasteiger partial charge on any atom is 0.236 e. The van der Waals surface area contributed by atoms with Gasteiger partial charge in [0.25, 0.3) is 0 Å². The van der Waals surface area contributed by atoms with Crippen molar-refractivity contribution in [3.05, 3.63) is 30.3 Å². The molecule has 1 aliphatic heterocycles. The highest BCUT2D eigenvalue weighted by Gasteiger charge is 2.30. The van der Waals surface area contributed by atoms with Gasteiger partial charge in [0, 0.05) is 37.1 Å². The second-order valence-corrected chi connectivity index (χ2v) is 8.79. The predicted octanol–water partition coefficient (Wildman–Crippen LogP) is 2.86. The number of amides is 2. The Balaban J connectivity index is 1.86. The first-order valence-electron chi connectivity index (χ1n) is 9.93. The highest BCUT2D eigenvalue weighted by Crippen LogP contribution is 2.29. The number of hydrogen-bond donors (Lipinski definition) is 1. The molecule has 2 atom stereocenters. The molecule has 2 rings (SSSR count). The average molecular weight is 392 g/mol. The van der Waals surface area contributed by atoms with Crippen LogP contribution in [0.4, 0.5) is 0 Å². The van der Waals surface area contributed by atoms with Crippen LogP contribution in [0, 0.1) is 5.92 Å². The maximum atomic E-state index is 13.1. The van der Waals surface area contributed by atoms with Crippen molar-refractivity contribution < 1.29 is 9.59 Å². The van der Waals surface area contributed by atoms with E-state index in [0.29, 0.717) is 19.6 Å². The van der Waals surface area contributed by atoms with Crippen molar-refractivity contribution in [2.24, 2.45) is 5.92 Å². The van der Waals surface area contributed by atoms with Crippen molar-refractivity contribution in [1.29, 1.82) is 0 Å². The van der Waals surface area contributed by atoms with E-state index < -0.39 is 0 Å². The average Bonchev–Trinajstić information content (AvgIpc) is 2.66. The topological polar surface area (TPSA) is 52.7 Å². The van der Waals surface area contributed by atoms with Crippen LogP contribution < -0.4 is 5.32 Å². The molecule has 1 fully saturated rings. The zero-order valence-electron chi connectivity index (χ0n) is 17.0. The molecule has 2 amide bonds. The van der Waals surface area contributed by atoms with E-state index in [9.17, 15) is 9.59 Å². The number of rotatable bonds is 8. The molecule has 1 aromatic carbocycles. The van der Waals surface area contributed by atoms with E-state index in [1.807, 2.05) is 30.0 Å². The largest absolute Gasteiger partial charge is 0.353 e. The molecule has 1 heterocycles. The number of carbonyl (C=O) groups excluding carboxylic acids is 2. The first-order chi connectivity index (χ1) is 12.9. The quantitative estimate of drug-likeness (QED) is 0.693. The summed E-state index contributed by atoms with van der Waals surface area (Å²) in [6.45, 7) is 11.6. The Morgan fingerprint density at radius 2 is 1.70 bits per heavy atom. The van der Waals surface area contributed by atoms with Gasteiger partial charge in [-0.15, -0.1) is 11.8 Å². The Kier molecular flexibility index (Phi) is 8.64. The summed E-state index contributed by atoms with van der Waals surface area (Å²) in [6.07, 6.45) is 0.934. The van der Waals surface area contributed by atoms with E-state index in [1.165, 1.54) is 0 Å². The van der Waals surface area contributed by atoms with Crippen LogP contribution in [-0.4, -0.2) is 65.6 Å². The van der Waals surface area contributed by atoms with Crippen LogP contribution in [0.25, 0.3) is 0 Å². The molecule has 0 aromatic heterocycles. The second kappa shape index (κ2) is 10.7. The minimum atomic E-state index is -0.0762.